The number of nitrogens with one attached hydrogen (secondary N) is 1. The zero-order valence-corrected chi connectivity index (χ0v) is 13.5. The second-order valence-electron chi connectivity index (χ2n) is 4.43. The van der Waals surface area contributed by atoms with Gasteiger partial charge in [-0.25, -0.2) is 9.59 Å². The summed E-state index contributed by atoms with van der Waals surface area (Å²) in [6.45, 7) is 4.11. The van der Waals surface area contributed by atoms with Gasteiger partial charge in [0.2, 0.25) is 0 Å². The van der Waals surface area contributed by atoms with E-state index in [1.54, 1.807) is 23.5 Å². The summed E-state index contributed by atoms with van der Waals surface area (Å²) < 4.78 is 15.6. The van der Waals surface area contributed by atoms with Gasteiger partial charge in [-0.1, -0.05) is 6.07 Å². The van der Waals surface area contributed by atoms with Gasteiger partial charge in [-0.05, 0) is 37.6 Å². The number of primary amides is 1. The lowest BCUT2D eigenvalue weighted by molar-refractivity contribution is -0.143. The Labute approximate surface area is 139 Å². The van der Waals surface area contributed by atoms with E-state index in [2.05, 4.69) is 4.74 Å². The number of imide groups is 1. The summed E-state index contributed by atoms with van der Waals surface area (Å²) in [5.74, 6) is -0.358. The Balaban J connectivity index is 2.65. The number of hydrogen-bond acceptors (Lipinski definition) is 6. The molecular formula is C16H20N2O6. The van der Waals surface area contributed by atoms with E-state index in [1.165, 1.54) is 6.08 Å². The third-order valence-corrected chi connectivity index (χ3v) is 2.59. The van der Waals surface area contributed by atoms with Crippen LogP contribution in [0.15, 0.2) is 24.3 Å². The van der Waals surface area contributed by atoms with Crippen molar-refractivity contribution < 1.29 is 28.6 Å². The summed E-state index contributed by atoms with van der Waals surface area (Å²) >= 11 is 0. The van der Waals surface area contributed by atoms with Crippen LogP contribution in [0.5, 0.6) is 11.5 Å². The monoisotopic (exact) mass is 336 g/mol. The molecule has 1 rings (SSSR count). The molecule has 0 fully saturated rings. The molecule has 0 heterocycles. The van der Waals surface area contributed by atoms with Crippen LogP contribution in [0.25, 0.3) is 6.08 Å². The minimum atomic E-state index is -1.01. The molecule has 0 bridgehead atoms. The highest BCUT2D eigenvalue weighted by atomic mass is 16.5. The molecule has 8 heteroatoms. The summed E-state index contributed by atoms with van der Waals surface area (Å²) in [6.07, 6.45) is 2.66. The normalized spacial score (nSPS) is 10.2. The first-order chi connectivity index (χ1) is 11.5. The third-order valence-electron chi connectivity index (χ3n) is 2.59. The van der Waals surface area contributed by atoms with Gasteiger partial charge in [0.05, 0.1) is 13.2 Å². The molecule has 130 valence electrons. The number of carbonyl (C=O) groups excluding carboxylic acids is 3. The van der Waals surface area contributed by atoms with Gasteiger partial charge in [0.25, 0.3) is 5.91 Å². The number of carbonyl (C=O) groups is 3. The zero-order chi connectivity index (χ0) is 17.9. The lowest BCUT2D eigenvalue weighted by Crippen LogP contribution is -2.37. The second-order valence-corrected chi connectivity index (χ2v) is 4.43. The molecule has 0 aromatic heterocycles. The Morgan fingerprint density at radius 1 is 1.12 bits per heavy atom. The summed E-state index contributed by atoms with van der Waals surface area (Å²) in [4.78, 5) is 33.1. The number of amides is 3. The average molecular weight is 336 g/mol. The van der Waals surface area contributed by atoms with E-state index >= 15 is 0 Å². The van der Waals surface area contributed by atoms with Gasteiger partial charge in [0.1, 0.15) is 0 Å². The maximum atomic E-state index is 11.5. The van der Waals surface area contributed by atoms with E-state index in [1.807, 2.05) is 13.8 Å². The number of urea groups is 1. The number of rotatable bonds is 8. The van der Waals surface area contributed by atoms with Crippen molar-refractivity contribution in [2.45, 2.75) is 13.8 Å². The molecule has 0 unspecified atom stereocenters. The van der Waals surface area contributed by atoms with E-state index < -0.39 is 24.5 Å². The number of hydrogen-bond donors (Lipinski definition) is 2. The Hall–Kier alpha value is -3.03. The van der Waals surface area contributed by atoms with E-state index in [4.69, 9.17) is 15.2 Å². The minimum Gasteiger partial charge on any atom is -0.490 e. The smallest absolute Gasteiger partial charge is 0.331 e. The van der Waals surface area contributed by atoms with Crippen molar-refractivity contribution in [2.24, 2.45) is 5.73 Å². The molecule has 0 saturated heterocycles. The van der Waals surface area contributed by atoms with E-state index in [9.17, 15) is 14.4 Å². The first kappa shape index (κ1) is 19.0. The molecule has 24 heavy (non-hydrogen) atoms. The van der Waals surface area contributed by atoms with Crippen molar-refractivity contribution in [1.29, 1.82) is 0 Å². The first-order valence-corrected chi connectivity index (χ1v) is 7.30. The lowest BCUT2D eigenvalue weighted by atomic mass is 10.2. The van der Waals surface area contributed by atoms with Gasteiger partial charge in [-0.2, -0.15) is 0 Å². The van der Waals surface area contributed by atoms with Gasteiger partial charge in [-0.3, -0.25) is 10.1 Å². The highest BCUT2D eigenvalue weighted by Crippen LogP contribution is 2.28. The lowest BCUT2D eigenvalue weighted by Gasteiger charge is -2.11. The van der Waals surface area contributed by atoms with Crippen LogP contribution in [0.2, 0.25) is 0 Å². The van der Waals surface area contributed by atoms with Crippen LogP contribution in [-0.2, 0) is 14.3 Å². The fourth-order valence-electron chi connectivity index (χ4n) is 1.69. The highest BCUT2D eigenvalue weighted by molar-refractivity contribution is 5.95. The fraction of sp³-hybridized carbons (Fsp3) is 0.312. The topological polar surface area (TPSA) is 117 Å². The predicted molar refractivity (Wildman–Crippen MR) is 86.5 cm³/mol. The number of benzene rings is 1. The van der Waals surface area contributed by atoms with Gasteiger partial charge >= 0.3 is 12.0 Å². The van der Waals surface area contributed by atoms with Gasteiger partial charge in [0.15, 0.2) is 18.1 Å². The molecule has 0 saturated carbocycles. The number of esters is 1. The van der Waals surface area contributed by atoms with E-state index in [-0.39, 0.29) is 0 Å². The van der Waals surface area contributed by atoms with Crippen molar-refractivity contribution in [3.63, 3.8) is 0 Å². The molecule has 0 spiro atoms. The molecule has 0 aliphatic heterocycles. The average Bonchev–Trinajstić information content (AvgIpc) is 2.53. The molecule has 0 aliphatic carbocycles. The molecule has 0 aliphatic rings. The fourth-order valence-corrected chi connectivity index (χ4v) is 1.69. The van der Waals surface area contributed by atoms with Crippen LogP contribution in [0.3, 0.4) is 0 Å². The third kappa shape index (κ3) is 6.82. The predicted octanol–water partition coefficient (Wildman–Crippen LogP) is 1.24. The molecule has 1 aromatic carbocycles. The maximum Gasteiger partial charge on any atom is 0.331 e. The zero-order valence-electron chi connectivity index (χ0n) is 13.5. The summed E-state index contributed by atoms with van der Waals surface area (Å²) in [7, 11) is 0. The standard InChI is InChI=1S/C16H20N2O6/c1-3-22-12-7-5-11(9-13(12)23-4-2)6-8-15(20)24-10-14(19)18-16(17)21/h5-9H,3-4,10H2,1-2H3,(H3,17,18,19,21)/b8-6+. The highest BCUT2D eigenvalue weighted by Gasteiger charge is 2.08. The van der Waals surface area contributed by atoms with Crippen LogP contribution in [0.1, 0.15) is 19.4 Å². The van der Waals surface area contributed by atoms with Gasteiger partial charge in [0, 0.05) is 6.08 Å². The molecule has 1 aromatic rings. The van der Waals surface area contributed by atoms with Crippen molar-refractivity contribution >= 4 is 24.0 Å². The van der Waals surface area contributed by atoms with Gasteiger partial charge < -0.3 is 19.9 Å². The molecule has 0 atom stereocenters. The van der Waals surface area contributed by atoms with E-state index in [0.29, 0.717) is 30.3 Å². The SMILES string of the molecule is CCOc1ccc(/C=C/C(=O)OCC(=O)NC(N)=O)cc1OCC. The second kappa shape index (κ2) is 9.88. The molecule has 0 radical (unpaired) electrons. The van der Waals surface area contributed by atoms with Crippen molar-refractivity contribution in [3.05, 3.63) is 29.8 Å². The van der Waals surface area contributed by atoms with Crippen LogP contribution in [0, 0.1) is 0 Å². The molecule has 8 nitrogen and oxygen atoms in total. The summed E-state index contributed by atoms with van der Waals surface area (Å²) in [5.41, 5.74) is 5.45. The Kier molecular flexibility index (Phi) is 7.83. The maximum absolute atomic E-state index is 11.5. The van der Waals surface area contributed by atoms with Gasteiger partial charge in [-0.15, -0.1) is 0 Å². The summed E-state index contributed by atoms with van der Waals surface area (Å²) in [6, 6.07) is 4.19. The van der Waals surface area contributed by atoms with Crippen LogP contribution in [-0.4, -0.2) is 37.7 Å². The Morgan fingerprint density at radius 2 is 1.79 bits per heavy atom. The van der Waals surface area contributed by atoms with Crippen LogP contribution < -0.4 is 20.5 Å². The largest absolute Gasteiger partial charge is 0.490 e. The molecule has 3 N–H and O–H groups in total. The first-order valence-electron chi connectivity index (χ1n) is 7.30. The van der Waals surface area contributed by atoms with Crippen molar-refractivity contribution in [1.82, 2.24) is 5.32 Å². The van der Waals surface area contributed by atoms with Crippen LogP contribution >= 0.6 is 0 Å². The quantitative estimate of drug-likeness (QED) is 0.545. The Morgan fingerprint density at radius 3 is 2.42 bits per heavy atom. The molecular weight excluding hydrogens is 316 g/mol. The number of nitrogens with two attached hydrogens (primary N) is 1. The van der Waals surface area contributed by atoms with Crippen molar-refractivity contribution in [3.8, 4) is 11.5 Å². The van der Waals surface area contributed by atoms with E-state index in [0.717, 1.165) is 6.08 Å². The van der Waals surface area contributed by atoms with Crippen molar-refractivity contribution in [2.75, 3.05) is 19.8 Å². The van der Waals surface area contributed by atoms with Crippen LogP contribution in [0.4, 0.5) is 4.79 Å². The Bertz CT molecular complexity index is 627. The minimum absolute atomic E-state index is 0.476. The molecule has 3 amide bonds. The number of ether oxygens (including phenoxy) is 3. The summed E-state index contributed by atoms with van der Waals surface area (Å²) in [5, 5.41) is 1.78.